The fourth-order valence-electron chi connectivity index (χ4n) is 4.10. The van der Waals surface area contributed by atoms with Crippen molar-refractivity contribution in [1.82, 2.24) is 9.97 Å². The van der Waals surface area contributed by atoms with Gasteiger partial charge in [0.1, 0.15) is 0 Å². The third kappa shape index (κ3) is 3.40. The van der Waals surface area contributed by atoms with Crippen molar-refractivity contribution in [3.63, 3.8) is 0 Å². The third-order valence-electron chi connectivity index (χ3n) is 5.57. The Labute approximate surface area is 160 Å². The van der Waals surface area contributed by atoms with Crippen molar-refractivity contribution in [3.05, 3.63) is 54.4 Å². The highest BCUT2D eigenvalue weighted by molar-refractivity contribution is 5.85. The van der Waals surface area contributed by atoms with Crippen LogP contribution in [0.2, 0.25) is 0 Å². The fourth-order valence-corrected chi connectivity index (χ4v) is 4.10. The maximum Gasteiger partial charge on any atom is 0.0742 e. The Morgan fingerprint density at radius 1 is 1.15 bits per heavy atom. The van der Waals surface area contributed by atoms with Crippen LogP contribution in [0.25, 0.3) is 22.2 Å². The van der Waals surface area contributed by atoms with E-state index in [1.54, 1.807) is 0 Å². The molecule has 1 saturated carbocycles. The van der Waals surface area contributed by atoms with Crippen molar-refractivity contribution in [2.75, 3.05) is 19.0 Å². The number of benzene rings is 1. The van der Waals surface area contributed by atoms with Crippen LogP contribution in [0, 0.1) is 0 Å². The average molecular weight is 361 g/mol. The predicted molar refractivity (Wildman–Crippen MR) is 112 cm³/mol. The third-order valence-corrected chi connectivity index (χ3v) is 5.57. The summed E-state index contributed by atoms with van der Waals surface area (Å²) in [6.45, 7) is 0. The lowest BCUT2D eigenvalue weighted by Gasteiger charge is -2.37. The predicted octanol–water partition coefficient (Wildman–Crippen LogP) is 3.42. The highest BCUT2D eigenvalue weighted by Gasteiger charge is 2.36. The van der Waals surface area contributed by atoms with Gasteiger partial charge in [-0.05, 0) is 56.0 Å². The summed E-state index contributed by atoms with van der Waals surface area (Å²) < 4.78 is 0. The molecular weight excluding hydrogens is 334 g/mol. The van der Waals surface area contributed by atoms with E-state index in [0.717, 1.165) is 59.2 Å². The summed E-state index contributed by atoms with van der Waals surface area (Å²) in [4.78, 5) is 11.7. The maximum absolute atomic E-state index is 6.87. The molecule has 1 aromatic carbocycles. The van der Waals surface area contributed by atoms with Crippen LogP contribution in [0.3, 0.4) is 0 Å². The van der Waals surface area contributed by atoms with E-state index in [1.165, 1.54) is 0 Å². The van der Waals surface area contributed by atoms with Crippen LogP contribution < -0.4 is 16.4 Å². The normalized spacial score (nSPS) is 22.7. The van der Waals surface area contributed by atoms with Crippen LogP contribution in [0.5, 0.6) is 0 Å². The van der Waals surface area contributed by atoms with Crippen LogP contribution in [0.1, 0.15) is 31.4 Å². The van der Waals surface area contributed by atoms with Gasteiger partial charge in [0.15, 0.2) is 0 Å². The molecular formula is C22H27N5. The first-order chi connectivity index (χ1) is 13.0. The molecule has 1 fully saturated rings. The monoisotopic (exact) mass is 361 g/mol. The minimum atomic E-state index is -0.501. The van der Waals surface area contributed by atoms with Gasteiger partial charge in [0.2, 0.25) is 0 Å². The maximum atomic E-state index is 6.87. The van der Waals surface area contributed by atoms with Gasteiger partial charge >= 0.3 is 0 Å². The summed E-state index contributed by atoms with van der Waals surface area (Å²) in [7, 11) is 4.07. The molecule has 4 rings (SSSR count). The molecule has 0 saturated heterocycles. The van der Waals surface area contributed by atoms with E-state index in [4.69, 9.17) is 16.5 Å². The van der Waals surface area contributed by atoms with Crippen molar-refractivity contribution in [2.24, 2.45) is 11.5 Å². The Kier molecular flexibility index (Phi) is 4.58. The minimum Gasteiger partial charge on any atom is -0.378 e. The van der Waals surface area contributed by atoms with Gasteiger partial charge in [0.25, 0.3) is 0 Å². The number of fused-ring (bicyclic) bond motifs is 1. The van der Waals surface area contributed by atoms with E-state index < -0.39 is 5.54 Å². The van der Waals surface area contributed by atoms with Gasteiger partial charge in [0.05, 0.1) is 22.4 Å². The summed E-state index contributed by atoms with van der Waals surface area (Å²) in [6, 6.07) is 14.6. The van der Waals surface area contributed by atoms with Gasteiger partial charge in [0, 0.05) is 43.0 Å². The molecule has 4 N–H and O–H groups in total. The first kappa shape index (κ1) is 17.9. The number of pyridine rings is 2. The molecule has 5 nitrogen and oxygen atoms in total. The molecule has 140 valence electrons. The zero-order chi connectivity index (χ0) is 19.0. The number of nitrogens with two attached hydrogens (primary N) is 2. The molecule has 2 aromatic heterocycles. The largest absolute Gasteiger partial charge is 0.378 e. The average Bonchev–Trinajstić information content (AvgIpc) is 2.67. The number of anilines is 1. The Morgan fingerprint density at radius 2 is 1.93 bits per heavy atom. The van der Waals surface area contributed by atoms with E-state index in [9.17, 15) is 0 Å². The van der Waals surface area contributed by atoms with Crippen LogP contribution in [0.4, 0.5) is 5.69 Å². The molecule has 0 spiro atoms. The molecule has 0 amide bonds. The molecule has 0 bridgehead atoms. The molecule has 0 radical (unpaired) electrons. The molecule has 1 aliphatic carbocycles. The zero-order valence-electron chi connectivity index (χ0n) is 16.0. The Hall–Kier alpha value is -2.50. The second-order valence-corrected chi connectivity index (χ2v) is 7.88. The van der Waals surface area contributed by atoms with Crippen LogP contribution >= 0.6 is 0 Å². The standard InChI is InChI=1S/C22H27N5/c1-27(2)17-9-7-15(8-10-17)19-13-20-18(6-4-12-25-20)21(26-19)22(24)11-3-5-16(23)14-22/h4,6-10,12-13,16H,3,5,11,14,23-24H2,1-2H3. The van der Waals surface area contributed by atoms with Crippen LogP contribution in [0.15, 0.2) is 48.7 Å². The summed E-state index contributed by atoms with van der Waals surface area (Å²) in [6.07, 6.45) is 5.54. The summed E-state index contributed by atoms with van der Waals surface area (Å²) >= 11 is 0. The lowest BCUT2D eigenvalue weighted by atomic mass is 9.76. The molecule has 5 heteroatoms. The zero-order valence-corrected chi connectivity index (χ0v) is 16.0. The second kappa shape index (κ2) is 6.91. The smallest absolute Gasteiger partial charge is 0.0742 e. The van der Waals surface area contributed by atoms with E-state index in [-0.39, 0.29) is 6.04 Å². The molecule has 2 heterocycles. The number of hydrogen-bond acceptors (Lipinski definition) is 5. The highest BCUT2D eigenvalue weighted by atomic mass is 15.1. The highest BCUT2D eigenvalue weighted by Crippen LogP contribution is 2.38. The number of hydrogen-bond donors (Lipinski definition) is 2. The second-order valence-electron chi connectivity index (χ2n) is 7.88. The quantitative estimate of drug-likeness (QED) is 0.747. The number of nitrogens with zero attached hydrogens (tertiary/aromatic N) is 3. The molecule has 3 aromatic rings. The van der Waals surface area contributed by atoms with Crippen molar-refractivity contribution < 1.29 is 0 Å². The topological polar surface area (TPSA) is 81.1 Å². The lowest BCUT2D eigenvalue weighted by Crippen LogP contribution is -2.46. The number of rotatable bonds is 3. The SMILES string of the molecule is CN(C)c1ccc(-c2cc3ncccc3c(C3(N)CCCC(N)C3)n2)cc1. The Bertz CT molecular complexity index is 951. The van der Waals surface area contributed by atoms with Gasteiger partial charge < -0.3 is 16.4 Å². The molecule has 2 unspecified atom stereocenters. The van der Waals surface area contributed by atoms with Crippen molar-refractivity contribution >= 4 is 16.6 Å². The van der Waals surface area contributed by atoms with Gasteiger partial charge in [-0.1, -0.05) is 12.1 Å². The van der Waals surface area contributed by atoms with Crippen LogP contribution in [-0.4, -0.2) is 30.1 Å². The Balaban J connectivity index is 1.86. The van der Waals surface area contributed by atoms with Crippen molar-refractivity contribution in [2.45, 2.75) is 37.3 Å². The molecule has 0 aliphatic heterocycles. The van der Waals surface area contributed by atoms with Crippen molar-refractivity contribution in [3.8, 4) is 11.3 Å². The van der Waals surface area contributed by atoms with E-state index in [0.29, 0.717) is 0 Å². The van der Waals surface area contributed by atoms with Gasteiger partial charge in [-0.15, -0.1) is 0 Å². The van der Waals surface area contributed by atoms with E-state index in [1.807, 2.05) is 26.4 Å². The van der Waals surface area contributed by atoms with Gasteiger partial charge in [-0.2, -0.15) is 0 Å². The molecule has 2 atom stereocenters. The molecule has 27 heavy (non-hydrogen) atoms. The lowest BCUT2D eigenvalue weighted by molar-refractivity contribution is 0.269. The first-order valence-electron chi connectivity index (χ1n) is 9.55. The Morgan fingerprint density at radius 3 is 2.63 bits per heavy atom. The number of aromatic nitrogens is 2. The summed E-state index contributed by atoms with van der Waals surface area (Å²) in [5.41, 5.74) is 17.6. The first-order valence-corrected chi connectivity index (χ1v) is 9.55. The van der Waals surface area contributed by atoms with Crippen molar-refractivity contribution in [1.29, 1.82) is 0 Å². The van der Waals surface area contributed by atoms with E-state index in [2.05, 4.69) is 46.3 Å². The summed E-state index contributed by atoms with van der Waals surface area (Å²) in [5, 5.41) is 1.03. The summed E-state index contributed by atoms with van der Waals surface area (Å²) in [5.74, 6) is 0. The van der Waals surface area contributed by atoms with Gasteiger partial charge in [-0.25, -0.2) is 0 Å². The van der Waals surface area contributed by atoms with Crippen LogP contribution in [-0.2, 0) is 5.54 Å². The van der Waals surface area contributed by atoms with Gasteiger partial charge in [-0.3, -0.25) is 9.97 Å². The fraction of sp³-hybridized carbons (Fsp3) is 0.364. The van der Waals surface area contributed by atoms with E-state index >= 15 is 0 Å². The minimum absolute atomic E-state index is 0.125. The molecule has 1 aliphatic rings.